The van der Waals surface area contributed by atoms with E-state index < -0.39 is 10.0 Å². The lowest BCUT2D eigenvalue weighted by Gasteiger charge is -2.11. The van der Waals surface area contributed by atoms with Crippen molar-refractivity contribution in [1.82, 2.24) is 4.98 Å². The first kappa shape index (κ1) is 22.6. The number of aryl methyl sites for hydroxylation is 2. The molecule has 164 valence electrons. The van der Waals surface area contributed by atoms with Crippen LogP contribution < -0.4 is 19.5 Å². The van der Waals surface area contributed by atoms with Crippen molar-refractivity contribution in [2.45, 2.75) is 24.7 Å². The van der Waals surface area contributed by atoms with Gasteiger partial charge in [0.05, 0.1) is 30.5 Å². The molecule has 0 aliphatic carbocycles. The van der Waals surface area contributed by atoms with Gasteiger partial charge in [-0.25, -0.2) is 13.4 Å². The third-order valence-electron chi connectivity index (χ3n) is 4.40. The van der Waals surface area contributed by atoms with Crippen LogP contribution in [0.15, 0.2) is 52.7 Å². The van der Waals surface area contributed by atoms with Crippen LogP contribution in [-0.4, -0.2) is 33.5 Å². The van der Waals surface area contributed by atoms with E-state index in [4.69, 9.17) is 9.47 Å². The second kappa shape index (κ2) is 9.80. The van der Waals surface area contributed by atoms with Crippen LogP contribution in [0.3, 0.4) is 0 Å². The number of sulfonamides is 1. The number of thiazole rings is 1. The van der Waals surface area contributed by atoms with Crippen LogP contribution in [0.2, 0.25) is 0 Å². The van der Waals surface area contributed by atoms with Crippen LogP contribution in [0, 0.1) is 6.92 Å². The fraction of sp³-hybridized carbons (Fsp3) is 0.238. The number of hydrogen-bond donors (Lipinski definition) is 2. The summed E-state index contributed by atoms with van der Waals surface area (Å²) in [6.07, 6.45) is 0.552. The van der Waals surface area contributed by atoms with E-state index in [1.54, 1.807) is 55.0 Å². The average molecular weight is 462 g/mol. The molecule has 0 aliphatic heterocycles. The Morgan fingerprint density at radius 3 is 2.52 bits per heavy atom. The van der Waals surface area contributed by atoms with Crippen molar-refractivity contribution in [2.75, 3.05) is 24.3 Å². The third-order valence-corrected chi connectivity index (χ3v) is 6.69. The molecule has 3 aromatic rings. The molecule has 0 saturated heterocycles. The maximum Gasteiger partial charge on any atom is 0.263 e. The molecule has 2 aromatic carbocycles. The number of benzene rings is 2. The summed E-state index contributed by atoms with van der Waals surface area (Å²) >= 11 is 1.17. The van der Waals surface area contributed by atoms with E-state index in [2.05, 4.69) is 15.0 Å². The minimum Gasteiger partial charge on any atom is -0.497 e. The maximum atomic E-state index is 12.5. The van der Waals surface area contributed by atoms with Crippen molar-refractivity contribution >= 4 is 38.1 Å². The number of nitrogens with one attached hydrogen (secondary N) is 2. The molecule has 0 fully saturated rings. The molecule has 0 unspecified atom stereocenters. The molecule has 0 spiro atoms. The van der Waals surface area contributed by atoms with Gasteiger partial charge in [0.15, 0.2) is 5.13 Å². The summed E-state index contributed by atoms with van der Waals surface area (Å²) in [5.74, 6) is 0.908. The number of rotatable bonds is 9. The second-order valence-electron chi connectivity index (χ2n) is 6.68. The molecule has 31 heavy (non-hydrogen) atoms. The molecule has 0 aliphatic rings. The van der Waals surface area contributed by atoms with Crippen LogP contribution in [0.1, 0.15) is 17.7 Å². The third kappa shape index (κ3) is 5.96. The van der Waals surface area contributed by atoms with Crippen molar-refractivity contribution in [3.63, 3.8) is 0 Å². The number of aromatic nitrogens is 1. The Bertz CT molecular complexity index is 1160. The summed E-state index contributed by atoms with van der Waals surface area (Å²) < 4.78 is 37.8. The summed E-state index contributed by atoms with van der Waals surface area (Å²) in [4.78, 5) is 16.8. The van der Waals surface area contributed by atoms with Gasteiger partial charge in [-0.05, 0) is 37.6 Å². The number of carbonyl (C=O) groups excluding carboxylic acids is 1. The van der Waals surface area contributed by atoms with E-state index in [9.17, 15) is 13.2 Å². The van der Waals surface area contributed by atoms with Gasteiger partial charge in [0.1, 0.15) is 11.5 Å². The van der Waals surface area contributed by atoms with Crippen molar-refractivity contribution in [1.29, 1.82) is 0 Å². The molecule has 0 radical (unpaired) electrons. The Hall–Kier alpha value is -3.11. The molecule has 0 saturated carbocycles. The maximum absolute atomic E-state index is 12.5. The Morgan fingerprint density at radius 2 is 1.84 bits per heavy atom. The zero-order valence-corrected chi connectivity index (χ0v) is 19.0. The predicted octanol–water partition coefficient (Wildman–Crippen LogP) is 3.84. The summed E-state index contributed by atoms with van der Waals surface area (Å²) in [6.45, 7) is 1.89. The van der Waals surface area contributed by atoms with Crippen molar-refractivity contribution in [3.05, 3.63) is 59.1 Å². The van der Waals surface area contributed by atoms with E-state index in [-0.39, 0.29) is 22.4 Å². The van der Waals surface area contributed by atoms with Crippen molar-refractivity contribution < 1.29 is 22.7 Å². The number of ether oxygens (including phenoxy) is 2. The summed E-state index contributed by atoms with van der Waals surface area (Å²) in [6, 6.07) is 11.7. The van der Waals surface area contributed by atoms with Gasteiger partial charge in [-0.1, -0.05) is 17.7 Å². The predicted molar refractivity (Wildman–Crippen MR) is 121 cm³/mol. The standard InChI is InChI=1S/C21H23N3O5S2/c1-14-4-8-17(9-5-14)31(26,27)24-21-22-15(13-30-21)6-11-20(25)23-18-10-7-16(28-2)12-19(18)29-3/h4-5,7-10,12-13H,6,11H2,1-3H3,(H,22,24)(H,23,25). The smallest absolute Gasteiger partial charge is 0.263 e. The Balaban J connectivity index is 1.58. The Kier molecular flexibility index (Phi) is 7.13. The first-order valence-electron chi connectivity index (χ1n) is 9.36. The van der Waals surface area contributed by atoms with Gasteiger partial charge in [-0.2, -0.15) is 0 Å². The lowest BCUT2D eigenvalue weighted by molar-refractivity contribution is -0.116. The molecule has 3 rings (SSSR count). The SMILES string of the molecule is COc1ccc(NC(=O)CCc2csc(NS(=O)(=O)c3ccc(C)cc3)n2)c(OC)c1. The van der Waals surface area contributed by atoms with E-state index in [1.807, 2.05) is 6.92 Å². The molecule has 10 heteroatoms. The number of nitrogens with zero attached hydrogens (tertiary/aromatic N) is 1. The highest BCUT2D eigenvalue weighted by atomic mass is 32.2. The number of methoxy groups -OCH3 is 2. The lowest BCUT2D eigenvalue weighted by Crippen LogP contribution is -2.14. The Morgan fingerprint density at radius 1 is 1.10 bits per heavy atom. The van der Waals surface area contributed by atoms with Gasteiger partial charge >= 0.3 is 0 Å². The number of carbonyl (C=O) groups is 1. The van der Waals surface area contributed by atoms with E-state index in [0.717, 1.165) is 5.56 Å². The van der Waals surface area contributed by atoms with Crippen LogP contribution in [-0.2, 0) is 21.2 Å². The first-order valence-corrected chi connectivity index (χ1v) is 11.7. The monoisotopic (exact) mass is 461 g/mol. The van der Waals surface area contributed by atoms with Gasteiger partial charge in [0.25, 0.3) is 10.0 Å². The minimum atomic E-state index is -3.71. The van der Waals surface area contributed by atoms with Crippen LogP contribution in [0.25, 0.3) is 0 Å². The van der Waals surface area contributed by atoms with E-state index >= 15 is 0 Å². The molecular formula is C21H23N3O5S2. The topological polar surface area (TPSA) is 107 Å². The molecule has 1 aromatic heterocycles. The van der Waals surface area contributed by atoms with Crippen LogP contribution >= 0.6 is 11.3 Å². The molecule has 8 nitrogen and oxygen atoms in total. The van der Waals surface area contributed by atoms with Gasteiger partial charge < -0.3 is 14.8 Å². The quantitative estimate of drug-likeness (QED) is 0.501. The number of hydrogen-bond acceptors (Lipinski definition) is 7. The molecule has 0 atom stereocenters. The summed E-state index contributed by atoms with van der Waals surface area (Å²) in [7, 11) is -0.643. The number of anilines is 2. The lowest BCUT2D eigenvalue weighted by atomic mass is 10.2. The second-order valence-corrected chi connectivity index (χ2v) is 9.22. The van der Waals surface area contributed by atoms with Crippen LogP contribution in [0.4, 0.5) is 10.8 Å². The molecule has 0 bridgehead atoms. The van der Waals surface area contributed by atoms with Crippen molar-refractivity contribution in [2.24, 2.45) is 0 Å². The molecule has 1 heterocycles. The highest BCUT2D eigenvalue weighted by molar-refractivity contribution is 7.93. The largest absolute Gasteiger partial charge is 0.497 e. The zero-order valence-electron chi connectivity index (χ0n) is 17.3. The molecule has 2 N–H and O–H groups in total. The minimum absolute atomic E-state index is 0.169. The summed E-state index contributed by atoms with van der Waals surface area (Å²) in [5.41, 5.74) is 2.14. The fourth-order valence-corrected chi connectivity index (χ4v) is 4.71. The van der Waals surface area contributed by atoms with Crippen molar-refractivity contribution in [3.8, 4) is 11.5 Å². The van der Waals surface area contributed by atoms with Crippen LogP contribution in [0.5, 0.6) is 11.5 Å². The van der Waals surface area contributed by atoms with Gasteiger partial charge in [0.2, 0.25) is 5.91 Å². The van der Waals surface area contributed by atoms with E-state index in [0.29, 0.717) is 29.3 Å². The average Bonchev–Trinajstić information content (AvgIpc) is 3.19. The van der Waals surface area contributed by atoms with Gasteiger partial charge in [-0.15, -0.1) is 11.3 Å². The van der Waals surface area contributed by atoms with Gasteiger partial charge in [-0.3, -0.25) is 9.52 Å². The molecule has 1 amide bonds. The Labute approximate surface area is 185 Å². The fourth-order valence-electron chi connectivity index (χ4n) is 2.72. The first-order chi connectivity index (χ1) is 14.8. The zero-order chi connectivity index (χ0) is 22.4. The van der Waals surface area contributed by atoms with E-state index in [1.165, 1.54) is 18.4 Å². The molecular weight excluding hydrogens is 438 g/mol. The normalized spacial score (nSPS) is 11.1. The summed E-state index contributed by atoms with van der Waals surface area (Å²) in [5, 5.41) is 4.79. The highest BCUT2D eigenvalue weighted by Crippen LogP contribution is 2.29. The highest BCUT2D eigenvalue weighted by Gasteiger charge is 2.16. The van der Waals surface area contributed by atoms with Gasteiger partial charge in [0, 0.05) is 17.9 Å². The number of amides is 1.